The standard InChI is InChI=1S/C9H14N4O/c1-13-6-7(5-12-13)4-11-9(14)8-2-3-10-8/h5-6,8,10H,2-4H2,1H3,(H,11,14)/t8-/m1/s1. The monoisotopic (exact) mass is 194 g/mol. The van der Waals surface area contributed by atoms with Gasteiger partial charge < -0.3 is 10.6 Å². The molecule has 5 heteroatoms. The van der Waals surface area contributed by atoms with Crippen molar-refractivity contribution in [2.24, 2.45) is 7.05 Å². The SMILES string of the molecule is Cn1cc(CNC(=O)[C@H]2CCN2)cn1. The molecule has 0 radical (unpaired) electrons. The highest BCUT2D eigenvalue weighted by Crippen LogP contribution is 2.02. The molecule has 0 spiro atoms. The lowest BCUT2D eigenvalue weighted by Gasteiger charge is -2.26. The summed E-state index contributed by atoms with van der Waals surface area (Å²) in [6, 6.07) is 0.0201. The van der Waals surface area contributed by atoms with Crippen LogP contribution in [0, 0.1) is 0 Å². The van der Waals surface area contributed by atoms with Crippen molar-refractivity contribution in [3.63, 3.8) is 0 Å². The molecule has 1 aliphatic heterocycles. The molecule has 2 N–H and O–H groups in total. The van der Waals surface area contributed by atoms with Crippen molar-refractivity contribution in [1.29, 1.82) is 0 Å². The number of rotatable bonds is 3. The summed E-state index contributed by atoms with van der Waals surface area (Å²) in [7, 11) is 1.86. The molecule has 14 heavy (non-hydrogen) atoms. The molecule has 76 valence electrons. The molecule has 0 aromatic carbocycles. The van der Waals surface area contributed by atoms with Crippen LogP contribution < -0.4 is 10.6 Å². The Hall–Kier alpha value is -1.36. The molecular formula is C9H14N4O. The summed E-state index contributed by atoms with van der Waals surface area (Å²) in [6.45, 7) is 1.51. The van der Waals surface area contributed by atoms with Crippen LogP contribution in [0.3, 0.4) is 0 Å². The summed E-state index contributed by atoms with van der Waals surface area (Å²) < 4.78 is 1.73. The molecule has 0 aliphatic carbocycles. The summed E-state index contributed by atoms with van der Waals surface area (Å²) in [5.74, 6) is 0.0834. The highest BCUT2D eigenvalue weighted by Gasteiger charge is 2.23. The Bertz CT molecular complexity index is 329. The minimum absolute atomic E-state index is 0.0201. The molecule has 0 unspecified atom stereocenters. The maximum Gasteiger partial charge on any atom is 0.237 e. The second-order valence-electron chi connectivity index (χ2n) is 3.54. The van der Waals surface area contributed by atoms with Gasteiger partial charge in [-0.1, -0.05) is 0 Å². The number of aryl methyl sites for hydroxylation is 1. The third kappa shape index (κ3) is 1.93. The zero-order valence-corrected chi connectivity index (χ0v) is 8.16. The Morgan fingerprint density at radius 3 is 3.14 bits per heavy atom. The van der Waals surface area contributed by atoms with Crippen LogP contribution in [-0.2, 0) is 18.4 Å². The number of amides is 1. The summed E-state index contributed by atoms with van der Waals surface area (Å²) in [4.78, 5) is 11.4. The van der Waals surface area contributed by atoms with Crippen molar-refractivity contribution in [3.8, 4) is 0 Å². The summed E-state index contributed by atoms with van der Waals surface area (Å²) in [6.07, 6.45) is 4.60. The van der Waals surface area contributed by atoms with Crippen molar-refractivity contribution in [2.45, 2.75) is 19.0 Å². The Labute approximate surface area is 82.5 Å². The van der Waals surface area contributed by atoms with Crippen molar-refractivity contribution in [2.75, 3.05) is 6.54 Å². The van der Waals surface area contributed by atoms with Gasteiger partial charge in [-0.05, 0) is 13.0 Å². The second kappa shape index (κ2) is 3.79. The molecule has 1 aromatic heterocycles. The van der Waals surface area contributed by atoms with Crippen LogP contribution in [0.15, 0.2) is 12.4 Å². The van der Waals surface area contributed by atoms with Crippen LogP contribution in [0.1, 0.15) is 12.0 Å². The molecule has 1 fully saturated rings. The van der Waals surface area contributed by atoms with E-state index in [4.69, 9.17) is 0 Å². The highest BCUT2D eigenvalue weighted by molar-refractivity contribution is 5.82. The van der Waals surface area contributed by atoms with E-state index in [1.165, 1.54) is 0 Å². The van der Waals surface area contributed by atoms with Crippen LogP contribution in [0.2, 0.25) is 0 Å². The zero-order chi connectivity index (χ0) is 9.97. The molecule has 1 saturated heterocycles. The van der Waals surface area contributed by atoms with Gasteiger partial charge in [0, 0.05) is 25.4 Å². The molecule has 0 bridgehead atoms. The number of hydrogen-bond donors (Lipinski definition) is 2. The molecule has 1 aliphatic rings. The first-order valence-corrected chi connectivity index (χ1v) is 4.74. The predicted octanol–water partition coefficient (Wildman–Crippen LogP) is -0.602. The molecule has 2 rings (SSSR count). The molecular weight excluding hydrogens is 180 g/mol. The van der Waals surface area contributed by atoms with Gasteiger partial charge in [0.1, 0.15) is 0 Å². The number of aromatic nitrogens is 2. The van der Waals surface area contributed by atoms with E-state index in [2.05, 4.69) is 15.7 Å². The third-order valence-electron chi connectivity index (χ3n) is 2.37. The average molecular weight is 194 g/mol. The fourth-order valence-electron chi connectivity index (χ4n) is 1.39. The van der Waals surface area contributed by atoms with E-state index in [-0.39, 0.29) is 11.9 Å². The topological polar surface area (TPSA) is 59.0 Å². The molecule has 2 heterocycles. The molecule has 1 aromatic rings. The average Bonchev–Trinajstić information content (AvgIpc) is 2.45. The second-order valence-corrected chi connectivity index (χ2v) is 3.54. The van der Waals surface area contributed by atoms with Crippen molar-refractivity contribution < 1.29 is 4.79 Å². The maximum absolute atomic E-state index is 11.4. The van der Waals surface area contributed by atoms with Gasteiger partial charge in [-0.3, -0.25) is 9.48 Å². The van der Waals surface area contributed by atoms with E-state index in [9.17, 15) is 4.79 Å². The summed E-state index contributed by atoms with van der Waals surface area (Å²) >= 11 is 0. The number of hydrogen-bond acceptors (Lipinski definition) is 3. The van der Waals surface area contributed by atoms with E-state index in [0.29, 0.717) is 6.54 Å². The van der Waals surface area contributed by atoms with E-state index in [1.54, 1.807) is 10.9 Å². The first-order chi connectivity index (χ1) is 6.75. The van der Waals surface area contributed by atoms with E-state index in [1.807, 2.05) is 13.2 Å². The van der Waals surface area contributed by atoms with Crippen LogP contribution >= 0.6 is 0 Å². The fraction of sp³-hybridized carbons (Fsp3) is 0.556. The molecule has 0 saturated carbocycles. The lowest BCUT2D eigenvalue weighted by Crippen LogP contribution is -2.52. The van der Waals surface area contributed by atoms with Crippen molar-refractivity contribution >= 4 is 5.91 Å². The Balaban J connectivity index is 1.79. The first kappa shape index (κ1) is 9.21. The Morgan fingerprint density at radius 1 is 1.86 bits per heavy atom. The smallest absolute Gasteiger partial charge is 0.237 e. The maximum atomic E-state index is 11.4. The van der Waals surface area contributed by atoms with E-state index in [0.717, 1.165) is 18.5 Å². The van der Waals surface area contributed by atoms with Gasteiger partial charge >= 0.3 is 0 Å². The lowest BCUT2D eigenvalue weighted by molar-refractivity contribution is -0.124. The summed E-state index contributed by atoms with van der Waals surface area (Å²) in [5.41, 5.74) is 1.03. The summed E-state index contributed by atoms with van der Waals surface area (Å²) in [5, 5.41) is 9.94. The van der Waals surface area contributed by atoms with Crippen LogP contribution in [0.5, 0.6) is 0 Å². The van der Waals surface area contributed by atoms with Crippen LogP contribution in [0.4, 0.5) is 0 Å². The van der Waals surface area contributed by atoms with Gasteiger partial charge in [-0.25, -0.2) is 0 Å². The number of carbonyl (C=O) groups is 1. The number of carbonyl (C=O) groups excluding carboxylic acids is 1. The highest BCUT2D eigenvalue weighted by atomic mass is 16.2. The van der Waals surface area contributed by atoms with Crippen molar-refractivity contribution in [3.05, 3.63) is 18.0 Å². The molecule has 1 atom stereocenters. The van der Waals surface area contributed by atoms with Gasteiger partial charge in [0.15, 0.2) is 0 Å². The van der Waals surface area contributed by atoms with E-state index >= 15 is 0 Å². The largest absolute Gasteiger partial charge is 0.351 e. The van der Waals surface area contributed by atoms with Gasteiger partial charge in [0.25, 0.3) is 0 Å². The van der Waals surface area contributed by atoms with Gasteiger partial charge in [-0.2, -0.15) is 5.10 Å². The number of nitrogens with one attached hydrogen (secondary N) is 2. The Morgan fingerprint density at radius 2 is 2.64 bits per heavy atom. The normalized spacial score (nSPS) is 20.2. The third-order valence-corrected chi connectivity index (χ3v) is 2.37. The minimum Gasteiger partial charge on any atom is -0.351 e. The van der Waals surface area contributed by atoms with E-state index < -0.39 is 0 Å². The predicted molar refractivity (Wildman–Crippen MR) is 51.5 cm³/mol. The van der Waals surface area contributed by atoms with Gasteiger partial charge in [0.2, 0.25) is 5.91 Å². The van der Waals surface area contributed by atoms with Crippen molar-refractivity contribution in [1.82, 2.24) is 20.4 Å². The molecule has 5 nitrogen and oxygen atoms in total. The number of nitrogens with zero attached hydrogens (tertiary/aromatic N) is 2. The van der Waals surface area contributed by atoms with Gasteiger partial charge in [-0.15, -0.1) is 0 Å². The minimum atomic E-state index is 0.0201. The first-order valence-electron chi connectivity index (χ1n) is 4.74. The molecule has 1 amide bonds. The zero-order valence-electron chi connectivity index (χ0n) is 8.16. The van der Waals surface area contributed by atoms with Gasteiger partial charge in [0.05, 0.1) is 12.2 Å². The fourth-order valence-corrected chi connectivity index (χ4v) is 1.39. The Kier molecular flexibility index (Phi) is 2.49. The van der Waals surface area contributed by atoms with Crippen LogP contribution in [0.25, 0.3) is 0 Å². The quantitative estimate of drug-likeness (QED) is 0.675. The lowest BCUT2D eigenvalue weighted by atomic mass is 10.1. The van der Waals surface area contributed by atoms with Crippen LogP contribution in [-0.4, -0.2) is 28.3 Å².